The third-order valence-corrected chi connectivity index (χ3v) is 7.21. The van der Waals surface area contributed by atoms with Gasteiger partial charge in [-0.1, -0.05) is 0 Å². The normalized spacial score (nSPS) is 17.7. The van der Waals surface area contributed by atoms with E-state index in [9.17, 15) is 4.79 Å². The summed E-state index contributed by atoms with van der Waals surface area (Å²) in [4.78, 5) is 27.5. The lowest BCUT2D eigenvalue weighted by Gasteiger charge is -2.34. The van der Waals surface area contributed by atoms with E-state index < -0.39 is 0 Å². The van der Waals surface area contributed by atoms with Crippen molar-refractivity contribution in [2.75, 3.05) is 55.4 Å². The summed E-state index contributed by atoms with van der Waals surface area (Å²) in [6.07, 6.45) is 2.15. The average molecular weight is 467 g/mol. The summed E-state index contributed by atoms with van der Waals surface area (Å²) in [6.45, 7) is 8.55. The van der Waals surface area contributed by atoms with Crippen LogP contribution in [0.4, 0.5) is 23.1 Å². The van der Waals surface area contributed by atoms with Gasteiger partial charge >= 0.3 is 5.97 Å². The predicted octanol–water partition coefficient (Wildman–Crippen LogP) is 4.33. The van der Waals surface area contributed by atoms with E-state index in [1.54, 1.807) is 0 Å². The average Bonchev–Trinajstić information content (AvgIpc) is 3.36. The number of hydrogen-bond acceptors (Lipinski definition) is 9. The minimum Gasteiger partial charge on any atom is -0.462 e. The first-order valence-electron chi connectivity index (χ1n) is 11.5. The van der Waals surface area contributed by atoms with Gasteiger partial charge < -0.3 is 25.2 Å². The summed E-state index contributed by atoms with van der Waals surface area (Å²) < 4.78 is 5.25. The number of carbonyl (C=O) groups is 1. The van der Waals surface area contributed by atoms with Gasteiger partial charge in [-0.15, -0.1) is 11.3 Å². The minimum atomic E-state index is -0.337. The second-order valence-corrected chi connectivity index (χ2v) is 9.95. The van der Waals surface area contributed by atoms with E-state index in [1.165, 1.54) is 17.0 Å². The molecule has 8 nitrogen and oxygen atoms in total. The minimum absolute atomic E-state index is 0.0105. The number of ether oxygens (including phenoxy) is 1. The molecular formula is C24H30N6O2S. The monoisotopic (exact) mass is 466 g/mol. The number of benzene rings is 1. The Labute approximate surface area is 198 Å². The molecule has 5 rings (SSSR count). The number of aromatic nitrogens is 2. The van der Waals surface area contributed by atoms with E-state index in [1.807, 2.05) is 12.3 Å². The quantitative estimate of drug-likeness (QED) is 0.498. The lowest BCUT2D eigenvalue weighted by molar-refractivity contribution is 0.0529. The number of nitrogens with zero attached hydrogens (tertiary/aromatic N) is 4. The molecule has 3 aromatic rings. The Morgan fingerprint density at radius 2 is 1.88 bits per heavy atom. The molecule has 2 aromatic heterocycles. The molecule has 0 spiro atoms. The smallest absolute Gasteiger partial charge is 0.339 e. The van der Waals surface area contributed by atoms with Crippen molar-refractivity contribution in [1.29, 1.82) is 0 Å². The van der Waals surface area contributed by atoms with Gasteiger partial charge in [-0.25, -0.2) is 9.78 Å². The van der Waals surface area contributed by atoms with Gasteiger partial charge in [0.05, 0.1) is 17.6 Å². The van der Waals surface area contributed by atoms with Gasteiger partial charge in [-0.3, -0.25) is 0 Å². The fourth-order valence-electron chi connectivity index (χ4n) is 3.99. The fourth-order valence-corrected chi connectivity index (χ4v) is 4.90. The zero-order valence-corrected chi connectivity index (χ0v) is 20.2. The molecule has 2 aliphatic rings. The van der Waals surface area contributed by atoms with Crippen LogP contribution in [-0.2, 0) is 4.74 Å². The Morgan fingerprint density at radius 1 is 1.15 bits per heavy atom. The molecule has 0 radical (unpaired) electrons. The number of hydrogen-bond donors (Lipinski definition) is 2. The number of nitrogens with one attached hydrogen (secondary N) is 2. The van der Waals surface area contributed by atoms with Crippen molar-refractivity contribution in [2.45, 2.75) is 32.2 Å². The molecule has 9 heteroatoms. The molecule has 2 fully saturated rings. The van der Waals surface area contributed by atoms with Crippen LogP contribution in [0.15, 0.2) is 29.6 Å². The third kappa shape index (κ3) is 4.74. The van der Waals surface area contributed by atoms with Crippen molar-refractivity contribution in [3.63, 3.8) is 0 Å². The molecule has 1 aliphatic heterocycles. The lowest BCUT2D eigenvalue weighted by atomic mass is 10.2. The Bertz CT molecular complexity index is 1150. The predicted molar refractivity (Wildman–Crippen MR) is 134 cm³/mol. The molecule has 0 bridgehead atoms. The number of esters is 1. The third-order valence-electron chi connectivity index (χ3n) is 6.34. The van der Waals surface area contributed by atoms with Gasteiger partial charge in [-0.05, 0) is 58.0 Å². The van der Waals surface area contributed by atoms with Crippen LogP contribution in [0, 0.1) is 0 Å². The van der Waals surface area contributed by atoms with Gasteiger partial charge in [0.2, 0.25) is 5.95 Å². The van der Waals surface area contributed by atoms with Crippen molar-refractivity contribution in [3.05, 3.63) is 35.2 Å². The first kappa shape index (κ1) is 21.9. The van der Waals surface area contributed by atoms with Crippen LogP contribution >= 0.6 is 11.3 Å². The Balaban J connectivity index is 1.40. The number of thiophene rings is 1. The van der Waals surface area contributed by atoms with Gasteiger partial charge in [0.1, 0.15) is 10.6 Å². The zero-order chi connectivity index (χ0) is 23.0. The van der Waals surface area contributed by atoms with Crippen LogP contribution in [0.25, 0.3) is 10.2 Å². The molecule has 1 aliphatic carbocycles. The zero-order valence-electron chi connectivity index (χ0n) is 19.4. The maximum absolute atomic E-state index is 12.5. The topological polar surface area (TPSA) is 82.6 Å². The molecule has 0 atom stereocenters. The fraction of sp³-hybridized carbons (Fsp3) is 0.458. The van der Waals surface area contributed by atoms with E-state index in [0.717, 1.165) is 54.9 Å². The van der Waals surface area contributed by atoms with Crippen LogP contribution in [0.3, 0.4) is 0 Å². The van der Waals surface area contributed by atoms with Gasteiger partial charge in [0.15, 0.2) is 0 Å². The van der Waals surface area contributed by atoms with Gasteiger partial charge in [0, 0.05) is 48.5 Å². The number of fused-ring (bicyclic) bond motifs is 1. The first-order valence-corrected chi connectivity index (χ1v) is 12.4. The molecule has 2 N–H and O–H groups in total. The molecule has 3 heterocycles. The maximum Gasteiger partial charge on any atom is 0.339 e. The summed E-state index contributed by atoms with van der Waals surface area (Å²) in [6, 6.07) is 8.41. The number of piperazine rings is 1. The maximum atomic E-state index is 12.5. The highest BCUT2D eigenvalue weighted by atomic mass is 32.1. The number of anilines is 4. The highest BCUT2D eigenvalue weighted by Gasteiger charge is 2.38. The summed E-state index contributed by atoms with van der Waals surface area (Å²) in [5.74, 6) is 0.858. The van der Waals surface area contributed by atoms with Crippen LogP contribution < -0.4 is 15.5 Å². The highest BCUT2D eigenvalue weighted by Crippen LogP contribution is 2.41. The summed E-state index contributed by atoms with van der Waals surface area (Å²) in [5.41, 5.74) is 2.69. The molecule has 0 unspecified atom stereocenters. The van der Waals surface area contributed by atoms with E-state index in [4.69, 9.17) is 14.7 Å². The highest BCUT2D eigenvalue weighted by molar-refractivity contribution is 7.17. The summed E-state index contributed by atoms with van der Waals surface area (Å²) >= 11 is 1.43. The van der Waals surface area contributed by atoms with Crippen molar-refractivity contribution in [2.24, 2.45) is 0 Å². The number of likely N-dealkylation sites (N-methyl/N-ethyl adjacent to an activating group) is 1. The standard InChI is InChI=1S/C24H30N6O2S/c1-4-32-22(31)18-15-33-21-19(18)20(28-24(2)9-10-24)26-23(27-21)25-16-5-7-17(8-6-16)30-13-11-29(3)12-14-30/h5-8,15H,4,9-14H2,1-3H3,(H2,25,26,27,28). The van der Waals surface area contributed by atoms with E-state index in [0.29, 0.717) is 23.9 Å². The van der Waals surface area contributed by atoms with Crippen LogP contribution in [0.1, 0.15) is 37.0 Å². The molecule has 0 amide bonds. The van der Waals surface area contributed by atoms with E-state index in [-0.39, 0.29) is 11.5 Å². The van der Waals surface area contributed by atoms with E-state index >= 15 is 0 Å². The molecular weight excluding hydrogens is 436 g/mol. The summed E-state index contributed by atoms with van der Waals surface area (Å²) in [5, 5.41) is 9.43. The molecule has 1 aromatic carbocycles. The first-order chi connectivity index (χ1) is 15.9. The van der Waals surface area contributed by atoms with Gasteiger partial charge in [0.25, 0.3) is 0 Å². The summed E-state index contributed by atoms with van der Waals surface area (Å²) in [7, 11) is 2.16. The lowest BCUT2D eigenvalue weighted by Crippen LogP contribution is -2.44. The van der Waals surface area contributed by atoms with Crippen molar-refractivity contribution in [3.8, 4) is 0 Å². The number of rotatable bonds is 7. The Morgan fingerprint density at radius 3 is 2.55 bits per heavy atom. The van der Waals surface area contributed by atoms with Crippen molar-refractivity contribution >= 4 is 50.7 Å². The van der Waals surface area contributed by atoms with Crippen LogP contribution in [0.2, 0.25) is 0 Å². The van der Waals surface area contributed by atoms with Crippen LogP contribution in [-0.4, -0.2) is 66.2 Å². The number of carbonyl (C=O) groups excluding carboxylic acids is 1. The largest absolute Gasteiger partial charge is 0.462 e. The second kappa shape index (κ2) is 8.79. The molecule has 1 saturated carbocycles. The molecule has 1 saturated heterocycles. The van der Waals surface area contributed by atoms with Gasteiger partial charge in [-0.2, -0.15) is 4.98 Å². The molecule has 33 heavy (non-hydrogen) atoms. The SMILES string of the molecule is CCOC(=O)c1csc2nc(Nc3ccc(N4CCN(C)CC4)cc3)nc(NC3(C)CC3)c12. The Hall–Kier alpha value is -2.91. The van der Waals surface area contributed by atoms with Crippen molar-refractivity contribution < 1.29 is 9.53 Å². The Kier molecular flexibility index (Phi) is 5.84. The van der Waals surface area contributed by atoms with Crippen molar-refractivity contribution in [1.82, 2.24) is 14.9 Å². The second-order valence-electron chi connectivity index (χ2n) is 9.09. The van der Waals surface area contributed by atoms with E-state index in [2.05, 4.69) is 58.7 Å². The molecule has 174 valence electrons. The van der Waals surface area contributed by atoms with Crippen LogP contribution in [0.5, 0.6) is 0 Å².